The second-order valence-electron chi connectivity index (χ2n) is 7.44. The van der Waals surface area contributed by atoms with Crippen molar-refractivity contribution in [3.8, 4) is 6.07 Å². The molecule has 1 aromatic carbocycles. The summed E-state index contributed by atoms with van der Waals surface area (Å²) < 4.78 is 23.3. The number of carbonyl (C=O) groups is 1. The van der Waals surface area contributed by atoms with Crippen LogP contribution in [0.5, 0.6) is 0 Å². The van der Waals surface area contributed by atoms with E-state index in [1.807, 2.05) is 4.90 Å². The molecule has 0 saturated heterocycles. The van der Waals surface area contributed by atoms with Crippen LogP contribution in [0.15, 0.2) is 23.1 Å². The van der Waals surface area contributed by atoms with Crippen molar-refractivity contribution in [3.05, 3.63) is 39.8 Å². The van der Waals surface area contributed by atoms with Crippen LogP contribution in [0.3, 0.4) is 0 Å². The fraction of sp³-hybridized carbons (Fsp3) is 0.400. The zero-order valence-corrected chi connectivity index (χ0v) is 17.5. The van der Waals surface area contributed by atoms with Gasteiger partial charge in [0.1, 0.15) is 11.1 Å². The summed E-state index contributed by atoms with van der Waals surface area (Å²) in [6, 6.07) is 7.04. The van der Waals surface area contributed by atoms with Crippen LogP contribution >= 0.6 is 11.3 Å². The third-order valence-corrected chi connectivity index (χ3v) is 7.62. The Bertz CT molecular complexity index is 1120. The number of nitrogens with zero attached hydrogens (tertiary/aromatic N) is 2. The van der Waals surface area contributed by atoms with Crippen molar-refractivity contribution in [2.45, 2.75) is 43.4 Å². The van der Waals surface area contributed by atoms with Crippen molar-refractivity contribution in [3.63, 3.8) is 0 Å². The number of thiophene rings is 1. The van der Waals surface area contributed by atoms with Gasteiger partial charge in [-0.1, -0.05) is 12.5 Å². The highest BCUT2D eigenvalue weighted by Crippen LogP contribution is 2.37. The number of carbonyl (C=O) groups excluding carboxylic acids is 1. The van der Waals surface area contributed by atoms with Gasteiger partial charge in [-0.2, -0.15) is 5.26 Å². The molecule has 3 N–H and O–H groups in total. The van der Waals surface area contributed by atoms with Crippen LogP contribution in [0.4, 0.5) is 10.7 Å². The Morgan fingerprint density at radius 1 is 1.24 bits per heavy atom. The Labute approximate surface area is 174 Å². The summed E-state index contributed by atoms with van der Waals surface area (Å²) in [4.78, 5) is 15.8. The van der Waals surface area contributed by atoms with Crippen LogP contribution in [-0.4, -0.2) is 27.4 Å². The van der Waals surface area contributed by atoms with Gasteiger partial charge in [0.2, 0.25) is 15.9 Å². The number of sulfonamides is 1. The minimum Gasteiger partial charge on any atom is -0.362 e. The smallest absolute Gasteiger partial charge is 0.244 e. The lowest BCUT2D eigenvalue weighted by molar-refractivity contribution is -0.114. The molecule has 0 bridgehead atoms. The average Bonchev–Trinajstić information content (AvgIpc) is 3.12. The summed E-state index contributed by atoms with van der Waals surface area (Å²) in [5.41, 5.74) is 3.40. The molecule has 0 saturated carbocycles. The maximum absolute atomic E-state index is 12.7. The zero-order chi connectivity index (χ0) is 20.6. The van der Waals surface area contributed by atoms with Crippen LogP contribution < -0.4 is 15.4 Å². The first-order valence-corrected chi connectivity index (χ1v) is 12.0. The average molecular weight is 431 g/mol. The number of hydrogen-bond acceptors (Lipinski definition) is 6. The van der Waals surface area contributed by atoms with E-state index >= 15 is 0 Å². The minimum absolute atomic E-state index is 0.0392. The van der Waals surface area contributed by atoms with Crippen LogP contribution in [0.2, 0.25) is 0 Å². The molecule has 7 nitrogen and oxygen atoms in total. The van der Waals surface area contributed by atoms with Gasteiger partial charge < -0.3 is 10.2 Å². The summed E-state index contributed by atoms with van der Waals surface area (Å²) in [5.74, 6) is -0.216. The summed E-state index contributed by atoms with van der Waals surface area (Å²) in [6.45, 7) is 0.720. The number of amides is 1. The van der Waals surface area contributed by atoms with Crippen molar-refractivity contribution in [1.82, 2.24) is 0 Å². The Kier molecular flexibility index (Phi) is 5.34. The predicted molar refractivity (Wildman–Crippen MR) is 113 cm³/mol. The second kappa shape index (κ2) is 7.78. The van der Waals surface area contributed by atoms with Gasteiger partial charge in [-0.05, 0) is 55.4 Å². The number of primary sulfonamides is 1. The minimum atomic E-state index is -3.80. The predicted octanol–water partition coefficient (Wildman–Crippen LogP) is 2.54. The van der Waals surface area contributed by atoms with Gasteiger partial charge in [0.15, 0.2) is 0 Å². The van der Waals surface area contributed by atoms with Crippen molar-refractivity contribution >= 4 is 38.0 Å². The van der Waals surface area contributed by atoms with E-state index in [4.69, 9.17) is 5.14 Å². The van der Waals surface area contributed by atoms with Gasteiger partial charge in [0.05, 0.1) is 17.0 Å². The summed E-state index contributed by atoms with van der Waals surface area (Å²) in [5, 5.41) is 18.4. The monoisotopic (exact) mass is 430 g/mol. The van der Waals surface area contributed by atoms with E-state index in [2.05, 4.69) is 11.4 Å². The molecule has 1 amide bonds. The molecule has 0 atom stereocenters. The molecule has 4 rings (SSSR count). The highest BCUT2D eigenvalue weighted by molar-refractivity contribution is 7.89. The van der Waals surface area contributed by atoms with Crippen LogP contribution in [0.25, 0.3) is 0 Å². The van der Waals surface area contributed by atoms with Gasteiger partial charge in [-0.25, -0.2) is 13.6 Å². The summed E-state index contributed by atoms with van der Waals surface area (Å²) in [6.07, 6.45) is 5.94. The first-order chi connectivity index (χ1) is 13.9. The third-order valence-electron chi connectivity index (χ3n) is 5.50. The standard InChI is InChI=1S/C20H22N4O3S2/c21-11-16-15-4-2-1-3-5-18(15)28-20(16)23-19(25)12-24-9-8-13-6-7-14(10-17(13)24)29(22,26)27/h6-7,10H,1-5,8-9,12H2,(H,23,25)(H2,22,26,27). The number of nitrogens with one attached hydrogen (secondary N) is 1. The topological polar surface area (TPSA) is 116 Å². The maximum Gasteiger partial charge on any atom is 0.244 e. The molecule has 2 heterocycles. The highest BCUT2D eigenvalue weighted by atomic mass is 32.2. The van der Waals surface area contributed by atoms with E-state index in [1.165, 1.54) is 34.8 Å². The number of benzene rings is 1. The van der Waals surface area contributed by atoms with E-state index < -0.39 is 10.0 Å². The largest absolute Gasteiger partial charge is 0.362 e. The van der Waals surface area contributed by atoms with E-state index in [-0.39, 0.29) is 17.3 Å². The Morgan fingerprint density at radius 2 is 2.03 bits per heavy atom. The molecule has 152 valence electrons. The van der Waals surface area contributed by atoms with Gasteiger partial charge >= 0.3 is 0 Å². The molecule has 0 fully saturated rings. The number of nitrogens with two attached hydrogens (primary N) is 1. The SMILES string of the molecule is N#Cc1c(NC(=O)CN2CCc3ccc(S(N)(=O)=O)cc32)sc2c1CCCCC2. The van der Waals surface area contributed by atoms with Crippen LogP contribution in [-0.2, 0) is 34.1 Å². The number of fused-ring (bicyclic) bond motifs is 2. The lowest BCUT2D eigenvalue weighted by Gasteiger charge is -2.19. The number of aryl methyl sites for hydroxylation is 1. The first kappa shape index (κ1) is 19.9. The number of hydrogen-bond donors (Lipinski definition) is 2. The van der Waals surface area contributed by atoms with E-state index in [1.54, 1.807) is 6.07 Å². The van der Waals surface area contributed by atoms with E-state index in [0.717, 1.165) is 43.2 Å². The Balaban J connectivity index is 1.52. The molecule has 2 aromatic rings. The molecule has 9 heteroatoms. The van der Waals surface area contributed by atoms with Gasteiger partial charge in [-0.15, -0.1) is 11.3 Å². The lowest BCUT2D eigenvalue weighted by Crippen LogP contribution is -2.32. The molecule has 0 unspecified atom stereocenters. The molecular weight excluding hydrogens is 408 g/mol. The fourth-order valence-corrected chi connectivity index (χ4v) is 5.84. The molecule has 0 radical (unpaired) electrons. The highest BCUT2D eigenvalue weighted by Gasteiger charge is 2.25. The molecular formula is C20H22N4O3S2. The molecule has 1 aliphatic heterocycles. The molecule has 29 heavy (non-hydrogen) atoms. The molecule has 1 aliphatic carbocycles. The molecule has 1 aromatic heterocycles. The van der Waals surface area contributed by atoms with Gasteiger partial charge in [0, 0.05) is 17.1 Å². The van der Waals surface area contributed by atoms with Crippen molar-refractivity contribution in [1.29, 1.82) is 5.26 Å². The fourth-order valence-electron chi connectivity index (χ4n) is 4.06. The number of rotatable bonds is 4. The normalized spacial score (nSPS) is 15.9. The van der Waals surface area contributed by atoms with Crippen molar-refractivity contribution < 1.29 is 13.2 Å². The van der Waals surface area contributed by atoms with E-state index in [9.17, 15) is 18.5 Å². The number of anilines is 2. The lowest BCUT2D eigenvalue weighted by atomic mass is 10.1. The van der Waals surface area contributed by atoms with Crippen LogP contribution in [0.1, 0.15) is 40.8 Å². The molecule has 0 spiro atoms. The van der Waals surface area contributed by atoms with Gasteiger partial charge in [0.25, 0.3) is 0 Å². The maximum atomic E-state index is 12.7. The number of nitriles is 1. The van der Waals surface area contributed by atoms with E-state index in [0.29, 0.717) is 22.8 Å². The quantitative estimate of drug-likeness (QED) is 0.723. The Morgan fingerprint density at radius 3 is 2.79 bits per heavy atom. The van der Waals surface area contributed by atoms with Crippen LogP contribution in [0, 0.1) is 11.3 Å². The molecule has 2 aliphatic rings. The third kappa shape index (κ3) is 4.01. The van der Waals surface area contributed by atoms with Gasteiger partial charge in [-0.3, -0.25) is 4.79 Å². The van der Waals surface area contributed by atoms with Crippen molar-refractivity contribution in [2.24, 2.45) is 5.14 Å². The zero-order valence-electron chi connectivity index (χ0n) is 15.9. The second-order valence-corrected chi connectivity index (χ2v) is 10.1. The van der Waals surface area contributed by atoms with Crippen molar-refractivity contribution in [2.75, 3.05) is 23.3 Å². The summed E-state index contributed by atoms with van der Waals surface area (Å²) in [7, 11) is -3.80. The Hall–Kier alpha value is -2.41. The summed E-state index contributed by atoms with van der Waals surface area (Å²) >= 11 is 1.51. The first-order valence-electron chi connectivity index (χ1n) is 9.62.